The van der Waals surface area contributed by atoms with E-state index in [1.165, 1.54) is 0 Å². The van der Waals surface area contributed by atoms with Gasteiger partial charge in [0.2, 0.25) is 0 Å². The van der Waals surface area contributed by atoms with Crippen molar-refractivity contribution in [2.45, 2.75) is 64.0 Å². The number of amides is 1. The Bertz CT molecular complexity index is 440. The summed E-state index contributed by atoms with van der Waals surface area (Å²) in [6.07, 6.45) is 2.91. The molecule has 1 aliphatic rings. The van der Waals surface area contributed by atoms with Crippen LogP contribution in [0.5, 0.6) is 0 Å². The Hall–Kier alpha value is -1.36. The van der Waals surface area contributed by atoms with Crippen LogP contribution in [0, 0.1) is 0 Å². The van der Waals surface area contributed by atoms with Crippen molar-refractivity contribution in [3.05, 3.63) is 17.5 Å². The maximum Gasteiger partial charge on any atom is 0.273 e. The highest BCUT2D eigenvalue weighted by atomic mass is 16.5. The van der Waals surface area contributed by atoms with Crippen LogP contribution in [0.3, 0.4) is 0 Å². The molecule has 0 aliphatic heterocycles. The summed E-state index contributed by atoms with van der Waals surface area (Å²) in [7, 11) is 0. The van der Waals surface area contributed by atoms with Gasteiger partial charge in [0, 0.05) is 17.5 Å². The van der Waals surface area contributed by atoms with Crippen molar-refractivity contribution in [3.63, 3.8) is 0 Å². The SMILES string of the molecule is CC(C)(C)c1cc(C(=O)NC2CCC(O)CC2)no1. The summed E-state index contributed by atoms with van der Waals surface area (Å²) in [6, 6.07) is 1.83. The lowest BCUT2D eigenvalue weighted by Gasteiger charge is -2.25. The molecule has 1 fully saturated rings. The van der Waals surface area contributed by atoms with Crippen LogP contribution < -0.4 is 5.32 Å². The molecule has 0 saturated heterocycles. The number of nitrogens with zero attached hydrogens (tertiary/aromatic N) is 1. The predicted molar refractivity (Wildman–Crippen MR) is 70.9 cm³/mol. The minimum Gasteiger partial charge on any atom is -0.393 e. The normalized spacial score (nSPS) is 24.2. The number of aliphatic hydroxyl groups is 1. The Morgan fingerprint density at radius 3 is 2.53 bits per heavy atom. The van der Waals surface area contributed by atoms with Gasteiger partial charge >= 0.3 is 0 Å². The van der Waals surface area contributed by atoms with Gasteiger partial charge in [-0.15, -0.1) is 0 Å². The first-order chi connectivity index (χ1) is 8.86. The summed E-state index contributed by atoms with van der Waals surface area (Å²) < 4.78 is 5.21. The zero-order valence-electron chi connectivity index (χ0n) is 11.8. The second kappa shape index (κ2) is 5.33. The quantitative estimate of drug-likeness (QED) is 0.858. The topological polar surface area (TPSA) is 75.4 Å². The van der Waals surface area contributed by atoms with E-state index < -0.39 is 0 Å². The van der Waals surface area contributed by atoms with Gasteiger partial charge in [0.05, 0.1) is 6.10 Å². The smallest absolute Gasteiger partial charge is 0.273 e. The molecule has 0 aromatic carbocycles. The number of hydrogen-bond acceptors (Lipinski definition) is 4. The number of carbonyl (C=O) groups excluding carboxylic acids is 1. The van der Waals surface area contributed by atoms with E-state index in [0.29, 0.717) is 11.5 Å². The van der Waals surface area contributed by atoms with Crippen molar-refractivity contribution < 1.29 is 14.4 Å². The van der Waals surface area contributed by atoms with Crippen LogP contribution in [-0.4, -0.2) is 28.3 Å². The standard InChI is InChI=1S/C14H22N2O3/c1-14(2,3)12-8-11(16-19-12)13(18)15-9-4-6-10(17)7-5-9/h8-10,17H,4-7H2,1-3H3,(H,15,18). The molecule has 106 valence electrons. The minimum atomic E-state index is -0.215. The summed E-state index contributed by atoms with van der Waals surface area (Å²) in [5.74, 6) is 0.511. The molecule has 5 heteroatoms. The van der Waals surface area contributed by atoms with E-state index in [1.54, 1.807) is 6.07 Å². The van der Waals surface area contributed by atoms with E-state index in [2.05, 4.69) is 10.5 Å². The summed E-state index contributed by atoms with van der Waals surface area (Å²) in [4.78, 5) is 12.0. The summed E-state index contributed by atoms with van der Waals surface area (Å²) in [5, 5.41) is 16.2. The van der Waals surface area contributed by atoms with Crippen molar-refractivity contribution in [1.82, 2.24) is 10.5 Å². The maximum atomic E-state index is 12.0. The maximum absolute atomic E-state index is 12.0. The van der Waals surface area contributed by atoms with E-state index in [4.69, 9.17) is 4.52 Å². The van der Waals surface area contributed by atoms with Crippen LogP contribution >= 0.6 is 0 Å². The largest absolute Gasteiger partial charge is 0.393 e. The lowest BCUT2D eigenvalue weighted by Crippen LogP contribution is -2.38. The van der Waals surface area contributed by atoms with Crippen LogP contribution in [0.4, 0.5) is 0 Å². The zero-order chi connectivity index (χ0) is 14.0. The fraction of sp³-hybridized carbons (Fsp3) is 0.714. The van der Waals surface area contributed by atoms with Gasteiger partial charge in [-0.3, -0.25) is 4.79 Å². The van der Waals surface area contributed by atoms with Crippen molar-refractivity contribution >= 4 is 5.91 Å². The summed E-state index contributed by atoms with van der Waals surface area (Å²) in [6.45, 7) is 6.03. The monoisotopic (exact) mass is 266 g/mol. The van der Waals surface area contributed by atoms with Gasteiger partial charge < -0.3 is 14.9 Å². The Morgan fingerprint density at radius 2 is 2.00 bits per heavy atom. The average molecular weight is 266 g/mol. The van der Waals surface area contributed by atoms with Gasteiger partial charge in [0.15, 0.2) is 5.69 Å². The van der Waals surface area contributed by atoms with E-state index in [-0.39, 0.29) is 23.5 Å². The third-order valence-corrected chi connectivity index (χ3v) is 3.51. The van der Waals surface area contributed by atoms with Gasteiger partial charge in [-0.25, -0.2) is 0 Å². The predicted octanol–water partition coefficient (Wildman–Crippen LogP) is 2.01. The Balaban J connectivity index is 1.95. The molecule has 0 atom stereocenters. The zero-order valence-corrected chi connectivity index (χ0v) is 11.8. The van der Waals surface area contributed by atoms with Gasteiger partial charge in [0.1, 0.15) is 5.76 Å². The van der Waals surface area contributed by atoms with Gasteiger partial charge in [0.25, 0.3) is 5.91 Å². The number of rotatable bonds is 2. The number of hydrogen-bond donors (Lipinski definition) is 2. The van der Waals surface area contributed by atoms with Crippen molar-refractivity contribution in [2.24, 2.45) is 0 Å². The third-order valence-electron chi connectivity index (χ3n) is 3.51. The first kappa shape index (κ1) is 14.1. The Kier molecular flexibility index (Phi) is 3.94. The van der Waals surface area contributed by atoms with Gasteiger partial charge in [-0.05, 0) is 25.7 Å². The molecule has 19 heavy (non-hydrogen) atoms. The van der Waals surface area contributed by atoms with E-state index in [9.17, 15) is 9.90 Å². The molecule has 1 saturated carbocycles. The van der Waals surface area contributed by atoms with Gasteiger partial charge in [-0.1, -0.05) is 25.9 Å². The number of carbonyl (C=O) groups is 1. The van der Waals surface area contributed by atoms with E-state index >= 15 is 0 Å². The number of aromatic nitrogens is 1. The second-order valence-electron chi connectivity index (χ2n) is 6.31. The molecule has 1 aromatic heterocycles. The third kappa shape index (κ3) is 3.56. The molecular formula is C14H22N2O3. The molecule has 0 unspecified atom stereocenters. The lowest BCUT2D eigenvalue weighted by atomic mass is 9.92. The highest BCUT2D eigenvalue weighted by molar-refractivity contribution is 5.92. The summed E-state index contributed by atoms with van der Waals surface area (Å²) >= 11 is 0. The highest BCUT2D eigenvalue weighted by Gasteiger charge is 2.25. The Morgan fingerprint density at radius 1 is 1.37 bits per heavy atom. The lowest BCUT2D eigenvalue weighted by molar-refractivity contribution is 0.0859. The van der Waals surface area contributed by atoms with Crippen LogP contribution in [0.15, 0.2) is 10.6 Å². The minimum absolute atomic E-state index is 0.130. The Labute approximate surface area is 113 Å². The van der Waals surface area contributed by atoms with Crippen LogP contribution in [0.1, 0.15) is 62.7 Å². The fourth-order valence-corrected chi connectivity index (χ4v) is 2.22. The first-order valence-corrected chi connectivity index (χ1v) is 6.82. The van der Waals surface area contributed by atoms with Crippen molar-refractivity contribution in [1.29, 1.82) is 0 Å². The number of nitrogens with one attached hydrogen (secondary N) is 1. The molecule has 0 bridgehead atoms. The van der Waals surface area contributed by atoms with Crippen molar-refractivity contribution in [2.75, 3.05) is 0 Å². The van der Waals surface area contributed by atoms with E-state index in [1.807, 2.05) is 20.8 Å². The second-order valence-corrected chi connectivity index (χ2v) is 6.31. The molecule has 1 aliphatic carbocycles. The van der Waals surface area contributed by atoms with Crippen LogP contribution in [0.25, 0.3) is 0 Å². The van der Waals surface area contributed by atoms with Crippen LogP contribution in [-0.2, 0) is 5.41 Å². The highest BCUT2D eigenvalue weighted by Crippen LogP contribution is 2.23. The van der Waals surface area contributed by atoms with Crippen molar-refractivity contribution in [3.8, 4) is 0 Å². The molecule has 1 amide bonds. The molecule has 5 nitrogen and oxygen atoms in total. The fourth-order valence-electron chi connectivity index (χ4n) is 2.22. The number of aliphatic hydroxyl groups excluding tert-OH is 1. The van der Waals surface area contributed by atoms with Crippen LogP contribution in [0.2, 0.25) is 0 Å². The molecule has 1 aromatic rings. The molecule has 1 heterocycles. The summed E-state index contributed by atoms with van der Waals surface area (Å²) in [5.41, 5.74) is 0.177. The molecule has 0 spiro atoms. The van der Waals surface area contributed by atoms with Gasteiger partial charge in [-0.2, -0.15) is 0 Å². The molecule has 2 N–H and O–H groups in total. The molecular weight excluding hydrogens is 244 g/mol. The molecule has 2 rings (SSSR count). The molecule has 0 radical (unpaired) electrons. The average Bonchev–Trinajstić information content (AvgIpc) is 2.81. The van der Waals surface area contributed by atoms with E-state index in [0.717, 1.165) is 25.7 Å². The first-order valence-electron chi connectivity index (χ1n) is 6.82.